The number of thiazole rings is 1. The van der Waals surface area contributed by atoms with E-state index in [2.05, 4.69) is 15.4 Å². The molecule has 7 nitrogen and oxygen atoms in total. The van der Waals surface area contributed by atoms with E-state index < -0.39 is 11.9 Å². The molecular weight excluding hydrogens is 328 g/mol. The third-order valence-corrected chi connectivity index (χ3v) is 4.33. The zero-order valence-electron chi connectivity index (χ0n) is 13.0. The lowest BCUT2D eigenvalue weighted by Gasteiger charge is -2.03. The number of nitrogens with zero attached hydrogens (tertiary/aromatic N) is 3. The van der Waals surface area contributed by atoms with Crippen LogP contribution in [0.5, 0.6) is 0 Å². The van der Waals surface area contributed by atoms with Crippen molar-refractivity contribution in [3.05, 3.63) is 52.7 Å². The number of aromatic carboxylic acids is 1. The van der Waals surface area contributed by atoms with Crippen LogP contribution < -0.4 is 5.32 Å². The standard InChI is InChI=1S/C16H14N4O3S/c1-9-12(10-6-4-3-5-7-10)18-16(24-9)19-14(21)13-11(15(22)23)8-17-20(13)2/h3-8H,1-2H3,(H,22,23)(H,18,19,21). The Morgan fingerprint density at radius 2 is 1.96 bits per heavy atom. The van der Waals surface area contributed by atoms with Gasteiger partial charge in [0.1, 0.15) is 11.3 Å². The number of aromatic nitrogens is 3. The van der Waals surface area contributed by atoms with Crippen LogP contribution in [0.3, 0.4) is 0 Å². The lowest BCUT2D eigenvalue weighted by molar-refractivity contribution is 0.0692. The van der Waals surface area contributed by atoms with Gasteiger partial charge in [-0.2, -0.15) is 5.10 Å². The van der Waals surface area contributed by atoms with Gasteiger partial charge in [-0.15, -0.1) is 11.3 Å². The number of carbonyl (C=O) groups is 2. The van der Waals surface area contributed by atoms with Crippen LogP contribution in [0.4, 0.5) is 5.13 Å². The molecule has 1 aromatic carbocycles. The first-order valence-electron chi connectivity index (χ1n) is 7.07. The highest BCUT2D eigenvalue weighted by Crippen LogP contribution is 2.30. The van der Waals surface area contributed by atoms with E-state index in [-0.39, 0.29) is 11.3 Å². The van der Waals surface area contributed by atoms with E-state index in [1.165, 1.54) is 23.1 Å². The predicted molar refractivity (Wildman–Crippen MR) is 90.4 cm³/mol. The molecule has 0 fully saturated rings. The van der Waals surface area contributed by atoms with Crippen molar-refractivity contribution in [2.24, 2.45) is 7.05 Å². The van der Waals surface area contributed by atoms with Crippen molar-refractivity contribution in [2.45, 2.75) is 6.92 Å². The molecule has 0 aliphatic heterocycles. The number of carbonyl (C=O) groups excluding carboxylic acids is 1. The number of hydrogen-bond acceptors (Lipinski definition) is 5. The van der Waals surface area contributed by atoms with Gasteiger partial charge >= 0.3 is 5.97 Å². The Morgan fingerprint density at radius 1 is 1.25 bits per heavy atom. The average Bonchev–Trinajstić information content (AvgIpc) is 3.11. The predicted octanol–water partition coefficient (Wildman–Crippen LogP) is 2.80. The van der Waals surface area contributed by atoms with Crippen molar-refractivity contribution in [3.8, 4) is 11.3 Å². The fourth-order valence-electron chi connectivity index (χ4n) is 2.33. The van der Waals surface area contributed by atoms with Crippen LogP contribution in [0.15, 0.2) is 36.5 Å². The molecule has 24 heavy (non-hydrogen) atoms. The van der Waals surface area contributed by atoms with E-state index >= 15 is 0 Å². The number of anilines is 1. The number of carboxylic acids is 1. The minimum Gasteiger partial charge on any atom is -0.478 e. The summed E-state index contributed by atoms with van der Waals surface area (Å²) < 4.78 is 1.23. The fourth-order valence-corrected chi connectivity index (χ4v) is 3.16. The minimum atomic E-state index is -1.20. The van der Waals surface area contributed by atoms with Gasteiger partial charge in [0.15, 0.2) is 5.13 Å². The molecule has 0 radical (unpaired) electrons. The number of benzene rings is 1. The van der Waals surface area contributed by atoms with Gasteiger partial charge in [0.2, 0.25) is 0 Å². The molecule has 2 N–H and O–H groups in total. The van der Waals surface area contributed by atoms with E-state index in [0.717, 1.165) is 22.3 Å². The molecule has 3 rings (SSSR count). The number of hydrogen-bond donors (Lipinski definition) is 2. The van der Waals surface area contributed by atoms with E-state index in [9.17, 15) is 9.59 Å². The zero-order valence-corrected chi connectivity index (χ0v) is 13.8. The molecule has 8 heteroatoms. The number of amides is 1. The number of nitrogens with one attached hydrogen (secondary N) is 1. The summed E-state index contributed by atoms with van der Waals surface area (Å²) in [6, 6.07) is 9.64. The largest absolute Gasteiger partial charge is 0.478 e. The maximum atomic E-state index is 12.4. The quantitative estimate of drug-likeness (QED) is 0.760. The van der Waals surface area contributed by atoms with Crippen LogP contribution in [-0.4, -0.2) is 31.7 Å². The van der Waals surface area contributed by atoms with Gasteiger partial charge in [-0.25, -0.2) is 9.78 Å². The van der Waals surface area contributed by atoms with Crippen molar-refractivity contribution in [3.63, 3.8) is 0 Å². The third-order valence-electron chi connectivity index (χ3n) is 3.45. The van der Waals surface area contributed by atoms with Crippen LogP contribution >= 0.6 is 11.3 Å². The third kappa shape index (κ3) is 2.91. The van der Waals surface area contributed by atoms with Crippen molar-refractivity contribution in [2.75, 3.05) is 5.32 Å². The molecule has 0 bridgehead atoms. The highest BCUT2D eigenvalue weighted by Gasteiger charge is 2.23. The van der Waals surface area contributed by atoms with Gasteiger partial charge in [0.25, 0.3) is 5.91 Å². The Kier molecular flexibility index (Phi) is 4.13. The smallest absolute Gasteiger partial charge is 0.339 e. The minimum absolute atomic E-state index is 0.0170. The maximum absolute atomic E-state index is 12.4. The number of aryl methyl sites for hydroxylation is 2. The SMILES string of the molecule is Cc1sc(NC(=O)c2c(C(=O)O)cnn2C)nc1-c1ccccc1. The summed E-state index contributed by atoms with van der Waals surface area (Å²) in [5, 5.41) is 16.0. The highest BCUT2D eigenvalue weighted by atomic mass is 32.1. The van der Waals surface area contributed by atoms with Crippen LogP contribution in [0, 0.1) is 6.92 Å². The molecule has 0 spiro atoms. The van der Waals surface area contributed by atoms with Gasteiger partial charge in [0, 0.05) is 17.5 Å². The molecule has 0 aliphatic rings. The molecule has 0 unspecified atom stereocenters. The Hall–Kier alpha value is -3.00. The molecule has 122 valence electrons. The molecule has 2 heterocycles. The average molecular weight is 342 g/mol. The van der Waals surface area contributed by atoms with Gasteiger partial charge in [-0.05, 0) is 6.92 Å². The van der Waals surface area contributed by atoms with Crippen molar-refractivity contribution >= 4 is 28.3 Å². The van der Waals surface area contributed by atoms with E-state index in [0.29, 0.717) is 5.13 Å². The van der Waals surface area contributed by atoms with E-state index in [1.54, 1.807) is 0 Å². The first-order valence-corrected chi connectivity index (χ1v) is 7.88. The summed E-state index contributed by atoms with van der Waals surface area (Å²) in [7, 11) is 1.52. The molecule has 1 amide bonds. The second-order valence-electron chi connectivity index (χ2n) is 5.08. The van der Waals surface area contributed by atoms with Crippen molar-refractivity contribution < 1.29 is 14.7 Å². The molecular formula is C16H14N4O3S. The lowest BCUT2D eigenvalue weighted by atomic mass is 10.1. The van der Waals surface area contributed by atoms with Crippen molar-refractivity contribution in [1.82, 2.24) is 14.8 Å². The van der Waals surface area contributed by atoms with Crippen LogP contribution in [-0.2, 0) is 7.05 Å². The highest BCUT2D eigenvalue weighted by molar-refractivity contribution is 7.16. The molecule has 0 saturated carbocycles. The summed E-state index contributed by atoms with van der Waals surface area (Å²) in [5.74, 6) is -1.76. The van der Waals surface area contributed by atoms with Gasteiger partial charge in [-0.3, -0.25) is 14.8 Å². The second kappa shape index (κ2) is 6.25. The Balaban J connectivity index is 1.89. The summed E-state index contributed by atoms with van der Waals surface area (Å²) in [6.07, 6.45) is 1.15. The Labute approximate surface area is 141 Å². The molecule has 3 aromatic rings. The van der Waals surface area contributed by atoms with Crippen LogP contribution in [0.2, 0.25) is 0 Å². The lowest BCUT2D eigenvalue weighted by Crippen LogP contribution is -2.19. The van der Waals surface area contributed by atoms with Crippen molar-refractivity contribution in [1.29, 1.82) is 0 Å². The van der Waals surface area contributed by atoms with Gasteiger partial charge in [-0.1, -0.05) is 30.3 Å². The monoisotopic (exact) mass is 342 g/mol. The zero-order chi connectivity index (χ0) is 17.3. The number of carboxylic acid groups (broad SMARTS) is 1. The molecule has 2 aromatic heterocycles. The second-order valence-corrected chi connectivity index (χ2v) is 6.28. The van der Waals surface area contributed by atoms with Crippen LogP contribution in [0.25, 0.3) is 11.3 Å². The first kappa shape index (κ1) is 15.9. The summed E-state index contributed by atoms with van der Waals surface area (Å²) in [4.78, 5) is 29.0. The van der Waals surface area contributed by atoms with Gasteiger partial charge < -0.3 is 5.11 Å². The summed E-state index contributed by atoms with van der Waals surface area (Å²) in [6.45, 7) is 1.92. The molecule has 0 saturated heterocycles. The Bertz CT molecular complexity index is 915. The summed E-state index contributed by atoms with van der Waals surface area (Å²) >= 11 is 1.33. The molecule has 0 atom stereocenters. The summed E-state index contributed by atoms with van der Waals surface area (Å²) in [5.41, 5.74) is 1.58. The molecule has 0 aliphatic carbocycles. The van der Waals surface area contributed by atoms with E-state index in [4.69, 9.17) is 5.11 Å². The fraction of sp³-hybridized carbons (Fsp3) is 0.125. The first-order chi connectivity index (χ1) is 11.5. The normalized spacial score (nSPS) is 10.6. The van der Waals surface area contributed by atoms with E-state index in [1.807, 2.05) is 37.3 Å². The number of rotatable bonds is 4. The van der Waals surface area contributed by atoms with Crippen LogP contribution in [0.1, 0.15) is 25.7 Å². The Morgan fingerprint density at radius 3 is 2.62 bits per heavy atom. The van der Waals surface area contributed by atoms with Gasteiger partial charge in [0.05, 0.1) is 11.9 Å². The maximum Gasteiger partial charge on any atom is 0.339 e. The topological polar surface area (TPSA) is 97.1 Å².